The predicted molar refractivity (Wildman–Crippen MR) is 82.2 cm³/mol. The van der Waals surface area contributed by atoms with Crippen LogP contribution in [-0.2, 0) is 19.1 Å². The van der Waals surface area contributed by atoms with Crippen molar-refractivity contribution in [2.75, 3.05) is 7.11 Å². The number of esters is 1. The van der Waals surface area contributed by atoms with E-state index in [-0.39, 0.29) is 5.92 Å². The van der Waals surface area contributed by atoms with Crippen LogP contribution >= 0.6 is 0 Å². The Hall–Kier alpha value is -1.79. The molecule has 0 aliphatic heterocycles. The van der Waals surface area contributed by atoms with Crippen molar-refractivity contribution in [2.45, 2.75) is 65.6 Å². The topological polar surface area (TPSA) is 93.7 Å². The standard InChI is InChI=1S/C15H28N2O5/c1-8-9(2)11(17-14(20)22-15(4,5)6)12(18)16-10(3)13(19)21-7/h9-11H,8H2,1-7H3,(H,16,18)(H,17,20)/t9-,10-,11-/m0/s1. The summed E-state index contributed by atoms with van der Waals surface area (Å²) < 4.78 is 9.73. The minimum absolute atomic E-state index is 0.114. The molecule has 128 valence electrons. The van der Waals surface area contributed by atoms with Crippen molar-refractivity contribution >= 4 is 18.0 Å². The van der Waals surface area contributed by atoms with Crippen molar-refractivity contribution in [1.82, 2.24) is 10.6 Å². The van der Waals surface area contributed by atoms with Gasteiger partial charge in [-0.1, -0.05) is 20.3 Å². The van der Waals surface area contributed by atoms with Crippen LogP contribution in [0.4, 0.5) is 4.79 Å². The second-order valence-corrected chi connectivity index (χ2v) is 6.26. The molecule has 0 aromatic rings. The van der Waals surface area contributed by atoms with Crippen LogP contribution in [0.1, 0.15) is 48.0 Å². The van der Waals surface area contributed by atoms with Crippen molar-refractivity contribution in [2.24, 2.45) is 5.92 Å². The summed E-state index contributed by atoms with van der Waals surface area (Å²) in [6.45, 7) is 10.5. The second-order valence-electron chi connectivity index (χ2n) is 6.26. The SMILES string of the molecule is CC[C@H](C)[C@H](NC(=O)OC(C)(C)C)C(=O)N[C@@H](C)C(=O)OC. The van der Waals surface area contributed by atoms with E-state index in [9.17, 15) is 14.4 Å². The first-order chi connectivity index (χ1) is 10.0. The summed E-state index contributed by atoms with van der Waals surface area (Å²) in [6.07, 6.45) is 0.0131. The molecule has 0 radical (unpaired) electrons. The van der Waals surface area contributed by atoms with Crippen molar-refractivity contribution in [3.63, 3.8) is 0 Å². The average Bonchev–Trinajstić information content (AvgIpc) is 2.40. The number of carbonyl (C=O) groups excluding carboxylic acids is 3. The Morgan fingerprint density at radius 2 is 1.64 bits per heavy atom. The molecule has 0 aromatic carbocycles. The van der Waals surface area contributed by atoms with Crippen LogP contribution in [0.25, 0.3) is 0 Å². The van der Waals surface area contributed by atoms with E-state index >= 15 is 0 Å². The fraction of sp³-hybridized carbons (Fsp3) is 0.800. The molecule has 0 bridgehead atoms. The first kappa shape index (κ1) is 20.2. The molecule has 0 unspecified atom stereocenters. The molecule has 0 saturated heterocycles. The number of hydrogen-bond donors (Lipinski definition) is 2. The van der Waals surface area contributed by atoms with Crippen molar-refractivity contribution in [3.05, 3.63) is 0 Å². The maximum absolute atomic E-state index is 12.3. The fourth-order valence-electron chi connectivity index (χ4n) is 1.68. The molecular weight excluding hydrogens is 288 g/mol. The van der Waals surface area contributed by atoms with Crippen LogP contribution in [-0.4, -0.2) is 42.8 Å². The van der Waals surface area contributed by atoms with Gasteiger partial charge in [-0.2, -0.15) is 0 Å². The van der Waals surface area contributed by atoms with Gasteiger partial charge in [0.15, 0.2) is 0 Å². The van der Waals surface area contributed by atoms with Crippen LogP contribution in [0.15, 0.2) is 0 Å². The number of alkyl carbamates (subject to hydrolysis) is 1. The minimum Gasteiger partial charge on any atom is -0.467 e. The zero-order valence-corrected chi connectivity index (χ0v) is 14.5. The lowest BCUT2D eigenvalue weighted by Gasteiger charge is -2.27. The maximum Gasteiger partial charge on any atom is 0.408 e. The van der Waals surface area contributed by atoms with Gasteiger partial charge in [0.2, 0.25) is 5.91 Å². The molecule has 0 aliphatic rings. The Labute approximate surface area is 132 Å². The average molecular weight is 316 g/mol. The Kier molecular flexibility index (Phi) is 7.90. The van der Waals surface area contributed by atoms with E-state index in [0.29, 0.717) is 6.42 Å². The summed E-state index contributed by atoms with van der Waals surface area (Å²) in [7, 11) is 1.25. The highest BCUT2D eigenvalue weighted by Gasteiger charge is 2.30. The number of carbonyl (C=O) groups is 3. The van der Waals surface area contributed by atoms with Gasteiger partial charge in [0.25, 0.3) is 0 Å². The lowest BCUT2D eigenvalue weighted by Crippen LogP contribution is -2.54. The third-order valence-electron chi connectivity index (χ3n) is 3.08. The fourth-order valence-corrected chi connectivity index (χ4v) is 1.68. The second kappa shape index (κ2) is 8.60. The minimum atomic E-state index is -0.788. The number of ether oxygens (including phenoxy) is 2. The van der Waals surface area contributed by atoms with E-state index in [2.05, 4.69) is 15.4 Å². The number of amides is 2. The summed E-state index contributed by atoms with van der Waals surface area (Å²) in [5.41, 5.74) is -0.653. The first-order valence-corrected chi connectivity index (χ1v) is 7.39. The molecule has 2 N–H and O–H groups in total. The van der Waals surface area contributed by atoms with E-state index in [1.807, 2.05) is 13.8 Å². The number of nitrogens with one attached hydrogen (secondary N) is 2. The van der Waals surface area contributed by atoms with Crippen molar-refractivity contribution in [3.8, 4) is 0 Å². The van der Waals surface area contributed by atoms with Gasteiger partial charge in [-0.05, 0) is 33.6 Å². The molecule has 7 nitrogen and oxygen atoms in total. The highest BCUT2D eigenvalue weighted by Crippen LogP contribution is 2.11. The molecule has 0 aliphatic carbocycles. The third kappa shape index (κ3) is 7.28. The van der Waals surface area contributed by atoms with Crippen LogP contribution in [0.5, 0.6) is 0 Å². The van der Waals surface area contributed by atoms with E-state index in [4.69, 9.17) is 4.74 Å². The van der Waals surface area contributed by atoms with Crippen molar-refractivity contribution in [1.29, 1.82) is 0 Å². The summed E-state index contributed by atoms with van der Waals surface area (Å²) >= 11 is 0. The van der Waals surface area contributed by atoms with Gasteiger partial charge in [0.1, 0.15) is 17.7 Å². The van der Waals surface area contributed by atoms with Gasteiger partial charge in [-0.15, -0.1) is 0 Å². The quantitative estimate of drug-likeness (QED) is 0.726. The lowest BCUT2D eigenvalue weighted by molar-refractivity contribution is -0.144. The monoisotopic (exact) mass is 316 g/mol. The van der Waals surface area contributed by atoms with E-state index < -0.39 is 35.7 Å². The molecule has 7 heteroatoms. The van der Waals surface area contributed by atoms with Gasteiger partial charge in [-0.3, -0.25) is 4.79 Å². The predicted octanol–water partition coefficient (Wildman–Crippen LogP) is 1.60. The molecule has 0 aromatic heterocycles. The number of hydrogen-bond acceptors (Lipinski definition) is 5. The van der Waals surface area contributed by atoms with E-state index in [0.717, 1.165) is 0 Å². The summed E-state index contributed by atoms with van der Waals surface area (Å²) in [6, 6.07) is -1.57. The molecule has 3 atom stereocenters. The Balaban J connectivity index is 4.87. The lowest BCUT2D eigenvalue weighted by atomic mass is 9.98. The molecular formula is C15H28N2O5. The Morgan fingerprint density at radius 1 is 1.09 bits per heavy atom. The van der Waals surface area contributed by atoms with Gasteiger partial charge >= 0.3 is 12.1 Å². The van der Waals surface area contributed by atoms with E-state index in [1.54, 1.807) is 20.8 Å². The van der Waals surface area contributed by atoms with Crippen molar-refractivity contribution < 1.29 is 23.9 Å². The van der Waals surface area contributed by atoms with E-state index in [1.165, 1.54) is 14.0 Å². The molecule has 2 amide bonds. The normalized spacial score (nSPS) is 15.2. The third-order valence-corrected chi connectivity index (χ3v) is 3.08. The highest BCUT2D eigenvalue weighted by molar-refractivity contribution is 5.89. The maximum atomic E-state index is 12.3. The molecule has 22 heavy (non-hydrogen) atoms. The van der Waals surface area contributed by atoms with Gasteiger partial charge in [0.05, 0.1) is 7.11 Å². The van der Waals surface area contributed by atoms with Crippen LogP contribution in [0, 0.1) is 5.92 Å². The molecule has 0 rings (SSSR count). The van der Waals surface area contributed by atoms with Crippen LogP contribution in [0.2, 0.25) is 0 Å². The number of methoxy groups -OCH3 is 1. The molecule has 0 fully saturated rings. The first-order valence-electron chi connectivity index (χ1n) is 7.39. The van der Waals surface area contributed by atoms with Gasteiger partial charge < -0.3 is 20.1 Å². The largest absolute Gasteiger partial charge is 0.467 e. The smallest absolute Gasteiger partial charge is 0.408 e. The summed E-state index contributed by atoms with van der Waals surface area (Å²) in [5.74, 6) is -1.11. The van der Waals surface area contributed by atoms with Gasteiger partial charge in [-0.25, -0.2) is 9.59 Å². The van der Waals surface area contributed by atoms with Gasteiger partial charge in [0, 0.05) is 0 Å². The molecule has 0 saturated carbocycles. The number of rotatable bonds is 6. The molecule has 0 spiro atoms. The van der Waals surface area contributed by atoms with Crippen LogP contribution in [0.3, 0.4) is 0 Å². The molecule has 0 heterocycles. The zero-order valence-electron chi connectivity index (χ0n) is 14.5. The zero-order chi connectivity index (χ0) is 17.5. The Morgan fingerprint density at radius 3 is 2.05 bits per heavy atom. The van der Waals surface area contributed by atoms with Crippen LogP contribution < -0.4 is 10.6 Å². The summed E-state index contributed by atoms with van der Waals surface area (Å²) in [4.78, 5) is 35.5. The Bertz CT molecular complexity index is 403. The summed E-state index contributed by atoms with van der Waals surface area (Å²) in [5, 5.41) is 5.09. The highest BCUT2D eigenvalue weighted by atomic mass is 16.6.